The number of hydrogen-bond acceptors (Lipinski definition) is 5. The molecule has 6 heterocycles. The van der Waals surface area contributed by atoms with E-state index in [-0.39, 0.29) is 0 Å². The third-order valence-electron chi connectivity index (χ3n) is 5.13. The molecule has 6 rings (SSSR count). The molecule has 0 amide bonds. The molecule has 0 saturated carbocycles. The summed E-state index contributed by atoms with van der Waals surface area (Å²) < 4.78 is 0. The van der Waals surface area contributed by atoms with Crippen LogP contribution in [-0.4, -0.2) is 35.1 Å². The average Bonchev–Trinajstić information content (AvgIpc) is 3.43. The van der Waals surface area contributed by atoms with Crippen molar-refractivity contribution in [2.75, 3.05) is 0 Å². The van der Waals surface area contributed by atoms with Gasteiger partial charge in [-0.25, -0.2) is 4.98 Å². The number of aromatic nitrogens is 7. The highest BCUT2D eigenvalue weighted by Gasteiger charge is 2.15. The predicted octanol–water partition coefficient (Wildman–Crippen LogP) is 4.63. The number of hydrogen-bond donors (Lipinski definition) is 2. The van der Waals surface area contributed by atoms with Gasteiger partial charge in [-0.1, -0.05) is 6.07 Å². The monoisotopic (exact) mass is 389 g/mol. The summed E-state index contributed by atoms with van der Waals surface area (Å²) in [7, 11) is 0. The van der Waals surface area contributed by atoms with Crippen molar-refractivity contribution in [2.24, 2.45) is 0 Å². The number of rotatable bonds is 3. The number of nitrogens with zero attached hydrogens (tertiary/aromatic N) is 5. The summed E-state index contributed by atoms with van der Waals surface area (Å²) in [5.41, 5.74) is 7.19. The zero-order chi connectivity index (χ0) is 19.9. The third kappa shape index (κ3) is 2.64. The average molecular weight is 389 g/mol. The lowest BCUT2D eigenvalue weighted by atomic mass is 10.1. The van der Waals surface area contributed by atoms with E-state index in [9.17, 15) is 0 Å². The topological polar surface area (TPSA) is 96.0 Å². The van der Waals surface area contributed by atoms with E-state index in [0.29, 0.717) is 0 Å². The Morgan fingerprint density at radius 2 is 1.63 bits per heavy atom. The molecule has 0 bridgehead atoms. The van der Waals surface area contributed by atoms with Gasteiger partial charge in [0.15, 0.2) is 5.65 Å². The highest BCUT2D eigenvalue weighted by molar-refractivity contribution is 5.99. The van der Waals surface area contributed by atoms with Crippen molar-refractivity contribution in [2.45, 2.75) is 0 Å². The van der Waals surface area contributed by atoms with E-state index in [4.69, 9.17) is 0 Å². The van der Waals surface area contributed by atoms with E-state index in [1.165, 1.54) is 0 Å². The molecule has 0 aliphatic heterocycles. The lowest BCUT2D eigenvalue weighted by molar-refractivity contribution is 1.10. The van der Waals surface area contributed by atoms with E-state index in [0.717, 1.165) is 55.8 Å². The highest BCUT2D eigenvalue weighted by atomic mass is 15.2. The van der Waals surface area contributed by atoms with Crippen molar-refractivity contribution in [1.29, 1.82) is 0 Å². The molecule has 0 aliphatic carbocycles. The maximum absolute atomic E-state index is 4.59. The van der Waals surface area contributed by atoms with Gasteiger partial charge < -0.3 is 4.98 Å². The molecule has 142 valence electrons. The van der Waals surface area contributed by atoms with Gasteiger partial charge in [-0.3, -0.25) is 20.1 Å². The predicted molar refractivity (Wildman–Crippen MR) is 115 cm³/mol. The molecule has 0 aliphatic rings. The van der Waals surface area contributed by atoms with Gasteiger partial charge in [0.25, 0.3) is 0 Å². The van der Waals surface area contributed by atoms with Crippen molar-refractivity contribution in [1.82, 2.24) is 35.1 Å². The molecule has 6 aromatic rings. The highest BCUT2D eigenvalue weighted by Crippen LogP contribution is 2.33. The zero-order valence-electron chi connectivity index (χ0n) is 15.7. The Hall–Kier alpha value is -4.39. The Morgan fingerprint density at radius 1 is 0.700 bits per heavy atom. The third-order valence-corrected chi connectivity index (χ3v) is 5.13. The molecular formula is C23H15N7. The van der Waals surface area contributed by atoms with Crippen molar-refractivity contribution in [3.63, 3.8) is 0 Å². The summed E-state index contributed by atoms with van der Waals surface area (Å²) in [6, 6.07) is 15.9. The second-order valence-corrected chi connectivity index (χ2v) is 6.95. The molecule has 6 aromatic heterocycles. The molecule has 0 spiro atoms. The first-order valence-corrected chi connectivity index (χ1v) is 9.51. The van der Waals surface area contributed by atoms with Crippen LogP contribution in [0.3, 0.4) is 0 Å². The summed E-state index contributed by atoms with van der Waals surface area (Å²) in [5, 5.41) is 9.52. The second-order valence-electron chi connectivity index (χ2n) is 6.95. The number of aromatic amines is 2. The van der Waals surface area contributed by atoms with Crippen LogP contribution in [0.2, 0.25) is 0 Å². The van der Waals surface area contributed by atoms with Gasteiger partial charge in [0.2, 0.25) is 0 Å². The molecule has 7 heteroatoms. The van der Waals surface area contributed by atoms with Gasteiger partial charge >= 0.3 is 0 Å². The van der Waals surface area contributed by atoms with Gasteiger partial charge in [-0.15, -0.1) is 0 Å². The van der Waals surface area contributed by atoms with Crippen LogP contribution < -0.4 is 0 Å². The van der Waals surface area contributed by atoms with Gasteiger partial charge in [0.1, 0.15) is 5.69 Å². The summed E-state index contributed by atoms with van der Waals surface area (Å²) >= 11 is 0. The Labute approximate surface area is 170 Å². The van der Waals surface area contributed by atoms with Gasteiger partial charge in [0, 0.05) is 58.4 Å². The smallest absolute Gasteiger partial charge is 0.155 e. The second kappa shape index (κ2) is 6.59. The molecule has 0 saturated heterocycles. The first-order chi connectivity index (χ1) is 14.9. The van der Waals surface area contributed by atoms with E-state index < -0.39 is 0 Å². The first-order valence-electron chi connectivity index (χ1n) is 9.51. The van der Waals surface area contributed by atoms with Crippen LogP contribution in [0.25, 0.3) is 55.8 Å². The summed E-state index contributed by atoms with van der Waals surface area (Å²) in [6.45, 7) is 0. The standard InChI is InChI=1S/C23H15N7/c1-2-7-25-18(3-1)15-11-17-22(29-30-23(17)27-13-15)20-12-16-19(28-20)6-10-26-21(16)14-4-8-24-9-5-14/h1-13,28H,(H,27,29,30). The lowest BCUT2D eigenvalue weighted by Crippen LogP contribution is -1.85. The number of fused-ring (bicyclic) bond motifs is 2. The fourth-order valence-electron chi connectivity index (χ4n) is 3.70. The largest absolute Gasteiger partial charge is 0.353 e. The van der Waals surface area contributed by atoms with Gasteiger partial charge in [-0.05, 0) is 42.5 Å². The Kier molecular flexibility index (Phi) is 3.64. The van der Waals surface area contributed by atoms with Crippen molar-refractivity contribution >= 4 is 21.9 Å². The maximum atomic E-state index is 4.59. The molecule has 2 N–H and O–H groups in total. The van der Waals surface area contributed by atoms with Crippen LogP contribution in [0.5, 0.6) is 0 Å². The molecule has 7 nitrogen and oxygen atoms in total. The van der Waals surface area contributed by atoms with Crippen LogP contribution in [0, 0.1) is 0 Å². The van der Waals surface area contributed by atoms with Crippen LogP contribution in [-0.2, 0) is 0 Å². The molecule has 0 fully saturated rings. The van der Waals surface area contributed by atoms with E-state index in [1.807, 2.05) is 48.8 Å². The summed E-state index contributed by atoms with van der Waals surface area (Å²) in [4.78, 5) is 21.1. The minimum atomic E-state index is 0.732. The van der Waals surface area contributed by atoms with Crippen LogP contribution in [0.4, 0.5) is 0 Å². The van der Waals surface area contributed by atoms with Gasteiger partial charge in [-0.2, -0.15) is 5.10 Å². The Balaban J connectivity index is 1.52. The molecule has 0 radical (unpaired) electrons. The van der Waals surface area contributed by atoms with E-state index >= 15 is 0 Å². The number of pyridine rings is 4. The molecule has 0 atom stereocenters. The van der Waals surface area contributed by atoms with Crippen LogP contribution in [0.15, 0.2) is 79.5 Å². The molecule has 0 unspecified atom stereocenters. The quantitative estimate of drug-likeness (QED) is 0.460. The Bertz CT molecular complexity index is 1480. The number of H-pyrrole nitrogens is 2. The molecular weight excluding hydrogens is 374 g/mol. The lowest BCUT2D eigenvalue weighted by Gasteiger charge is -2.01. The fraction of sp³-hybridized carbons (Fsp3) is 0. The van der Waals surface area contributed by atoms with Crippen LogP contribution in [0.1, 0.15) is 0 Å². The summed E-state index contributed by atoms with van der Waals surface area (Å²) in [5.74, 6) is 0. The SMILES string of the molecule is c1ccc(-c2cnc3[nH]nc(-c4cc5c(-c6ccncc6)nccc5[nH]4)c3c2)nc1. The minimum absolute atomic E-state index is 0.732. The fourth-order valence-corrected chi connectivity index (χ4v) is 3.70. The van der Waals surface area contributed by atoms with Crippen LogP contribution >= 0.6 is 0 Å². The Morgan fingerprint density at radius 3 is 2.50 bits per heavy atom. The van der Waals surface area contributed by atoms with Crippen molar-refractivity contribution in [3.05, 3.63) is 79.5 Å². The normalized spacial score (nSPS) is 11.3. The molecule has 30 heavy (non-hydrogen) atoms. The minimum Gasteiger partial charge on any atom is -0.353 e. The van der Waals surface area contributed by atoms with Crippen molar-refractivity contribution in [3.8, 4) is 33.9 Å². The van der Waals surface area contributed by atoms with E-state index in [1.54, 1.807) is 18.6 Å². The van der Waals surface area contributed by atoms with Gasteiger partial charge in [0.05, 0.1) is 17.1 Å². The first kappa shape index (κ1) is 16.6. The molecule has 0 aromatic carbocycles. The zero-order valence-corrected chi connectivity index (χ0v) is 15.7. The van der Waals surface area contributed by atoms with Crippen molar-refractivity contribution < 1.29 is 0 Å². The van der Waals surface area contributed by atoms with E-state index in [2.05, 4.69) is 47.2 Å². The number of nitrogens with one attached hydrogen (secondary N) is 2. The maximum Gasteiger partial charge on any atom is 0.155 e. The summed E-state index contributed by atoms with van der Waals surface area (Å²) in [6.07, 6.45) is 8.94.